The van der Waals surface area contributed by atoms with Crippen LogP contribution in [-0.2, 0) is 0 Å². The molecule has 1 N–H and O–H groups in total. The lowest BCUT2D eigenvalue weighted by atomic mass is 9.89. The van der Waals surface area contributed by atoms with Gasteiger partial charge in [-0.3, -0.25) is 20.2 Å². The van der Waals surface area contributed by atoms with Crippen LogP contribution in [-0.4, -0.2) is 20.0 Å². The molecule has 1 aliphatic rings. The summed E-state index contributed by atoms with van der Waals surface area (Å²) in [7, 11) is 0. The molecule has 3 unspecified atom stereocenters. The van der Waals surface area contributed by atoms with Crippen molar-refractivity contribution in [2.24, 2.45) is 0 Å². The second kappa shape index (κ2) is 5.73. The molecule has 3 atom stereocenters. The maximum Gasteiger partial charge on any atom is 0.364 e. The molecule has 3 rings (SSSR count). The first-order valence-electron chi connectivity index (χ1n) is 6.87. The molecular formula is C15H11ClN2O6. The van der Waals surface area contributed by atoms with Crippen LogP contribution in [0.3, 0.4) is 0 Å². The van der Waals surface area contributed by atoms with Crippen LogP contribution in [0.1, 0.15) is 23.3 Å². The number of fused-ring (bicyclic) bond motifs is 1. The van der Waals surface area contributed by atoms with Crippen LogP contribution in [0, 0.1) is 20.2 Å². The SMILES string of the molecule is O=[N+]([O-])c1ccc(C2Oc3ccccc3C(O)C2(Cl)[N+](=O)[O-])cc1. The van der Waals surface area contributed by atoms with Gasteiger partial charge in [-0.2, -0.15) is 0 Å². The largest absolute Gasteiger partial charge is 0.476 e. The molecule has 0 aromatic heterocycles. The Balaban J connectivity index is 2.11. The Morgan fingerprint density at radius 3 is 2.29 bits per heavy atom. The van der Waals surface area contributed by atoms with Gasteiger partial charge in [-0.25, -0.2) is 0 Å². The summed E-state index contributed by atoms with van der Waals surface area (Å²) in [5.41, 5.74) is 0.292. The van der Waals surface area contributed by atoms with Crippen molar-refractivity contribution in [3.05, 3.63) is 79.9 Å². The summed E-state index contributed by atoms with van der Waals surface area (Å²) in [5.74, 6) is 0.270. The van der Waals surface area contributed by atoms with E-state index >= 15 is 0 Å². The highest BCUT2D eigenvalue weighted by atomic mass is 35.5. The van der Waals surface area contributed by atoms with Crippen molar-refractivity contribution in [1.82, 2.24) is 0 Å². The third kappa shape index (κ3) is 2.36. The number of hydrogen-bond donors (Lipinski definition) is 1. The summed E-state index contributed by atoms with van der Waals surface area (Å²) in [4.78, 5) is 18.6. The number of non-ortho nitro benzene ring substituents is 1. The zero-order chi connectivity index (χ0) is 17.5. The molecular weight excluding hydrogens is 340 g/mol. The lowest BCUT2D eigenvalue weighted by Crippen LogP contribution is -2.49. The summed E-state index contributed by atoms with van der Waals surface area (Å²) in [5, 5.41) is 32.8. The number of nitro benzene ring substituents is 1. The molecule has 0 bridgehead atoms. The van der Waals surface area contributed by atoms with Crippen molar-refractivity contribution in [2.45, 2.75) is 17.2 Å². The number of ether oxygens (including phenoxy) is 1. The number of aliphatic hydroxyl groups excluding tert-OH is 1. The van der Waals surface area contributed by atoms with Crippen LogP contribution in [0.2, 0.25) is 0 Å². The van der Waals surface area contributed by atoms with Gasteiger partial charge in [-0.05, 0) is 29.8 Å². The number of aliphatic hydroxyl groups is 1. The highest BCUT2D eigenvalue weighted by Gasteiger charge is 2.61. The molecule has 0 saturated heterocycles. The number of hydrogen-bond acceptors (Lipinski definition) is 6. The van der Waals surface area contributed by atoms with Crippen molar-refractivity contribution in [2.75, 3.05) is 0 Å². The molecule has 0 amide bonds. The van der Waals surface area contributed by atoms with Gasteiger partial charge in [0, 0.05) is 23.3 Å². The number of rotatable bonds is 3. The van der Waals surface area contributed by atoms with Gasteiger partial charge in [0.05, 0.1) is 9.85 Å². The molecule has 0 saturated carbocycles. The molecule has 0 spiro atoms. The molecule has 1 aliphatic heterocycles. The first-order chi connectivity index (χ1) is 11.4. The zero-order valence-corrected chi connectivity index (χ0v) is 12.8. The third-order valence-electron chi connectivity index (χ3n) is 3.90. The van der Waals surface area contributed by atoms with Gasteiger partial charge in [0.15, 0.2) is 6.10 Å². The average Bonchev–Trinajstić information content (AvgIpc) is 2.58. The normalized spacial score (nSPS) is 25.4. The standard InChI is InChI=1S/C15H11ClN2O6/c16-15(18(22)23)13(19)11-3-1-2-4-12(11)24-14(15)9-5-7-10(8-6-9)17(20)21/h1-8,13-14,19H. The van der Waals surface area contributed by atoms with Crippen molar-refractivity contribution in [1.29, 1.82) is 0 Å². The molecule has 8 nitrogen and oxygen atoms in total. The summed E-state index contributed by atoms with van der Waals surface area (Å²) >= 11 is 6.18. The van der Waals surface area contributed by atoms with E-state index in [0.29, 0.717) is 0 Å². The van der Waals surface area contributed by atoms with Crippen molar-refractivity contribution >= 4 is 17.3 Å². The third-order valence-corrected chi connectivity index (χ3v) is 4.44. The fraction of sp³-hybridized carbons (Fsp3) is 0.200. The fourth-order valence-corrected chi connectivity index (χ4v) is 2.94. The van der Waals surface area contributed by atoms with E-state index in [9.17, 15) is 25.3 Å². The van der Waals surface area contributed by atoms with Gasteiger partial charge in [-0.1, -0.05) is 18.2 Å². The summed E-state index contributed by atoms with van der Waals surface area (Å²) < 4.78 is 5.66. The van der Waals surface area contributed by atoms with Crippen LogP contribution in [0.4, 0.5) is 5.69 Å². The number of nitro groups is 2. The lowest BCUT2D eigenvalue weighted by molar-refractivity contribution is -0.570. The smallest absolute Gasteiger partial charge is 0.364 e. The second-order valence-corrected chi connectivity index (χ2v) is 5.88. The molecule has 2 aromatic carbocycles. The van der Waals surface area contributed by atoms with Crippen molar-refractivity contribution < 1.29 is 19.7 Å². The first-order valence-corrected chi connectivity index (χ1v) is 7.25. The van der Waals surface area contributed by atoms with Gasteiger partial charge in [-0.15, -0.1) is 0 Å². The Hall–Kier alpha value is -2.71. The first kappa shape index (κ1) is 16.2. The second-order valence-electron chi connectivity index (χ2n) is 5.27. The lowest BCUT2D eigenvalue weighted by Gasteiger charge is -2.37. The zero-order valence-electron chi connectivity index (χ0n) is 12.0. The Kier molecular flexibility index (Phi) is 3.86. The van der Waals surface area contributed by atoms with E-state index < -0.39 is 27.1 Å². The predicted molar refractivity (Wildman–Crippen MR) is 83.4 cm³/mol. The topological polar surface area (TPSA) is 116 Å². The molecule has 2 aromatic rings. The van der Waals surface area contributed by atoms with Crippen LogP contribution in [0.25, 0.3) is 0 Å². The summed E-state index contributed by atoms with van der Waals surface area (Å²) in [6.07, 6.45) is -2.93. The van der Waals surface area contributed by atoms with E-state index in [1.165, 1.54) is 30.3 Å². The van der Waals surface area contributed by atoms with E-state index in [0.717, 1.165) is 0 Å². The maximum atomic E-state index is 11.6. The van der Waals surface area contributed by atoms with E-state index in [2.05, 4.69) is 0 Å². The monoisotopic (exact) mass is 350 g/mol. The average molecular weight is 351 g/mol. The summed E-state index contributed by atoms with van der Waals surface area (Å²) in [6, 6.07) is 11.4. The van der Waals surface area contributed by atoms with E-state index in [1.54, 1.807) is 18.2 Å². The van der Waals surface area contributed by atoms with Crippen LogP contribution in [0.15, 0.2) is 48.5 Å². The molecule has 0 aliphatic carbocycles. The number of benzene rings is 2. The molecule has 9 heteroatoms. The highest BCUT2D eigenvalue weighted by Crippen LogP contribution is 2.51. The van der Waals surface area contributed by atoms with Gasteiger partial charge in [0.25, 0.3) is 5.69 Å². The predicted octanol–water partition coefficient (Wildman–Crippen LogP) is 2.97. The summed E-state index contributed by atoms with van der Waals surface area (Å²) in [6.45, 7) is 0. The highest BCUT2D eigenvalue weighted by molar-refractivity contribution is 6.23. The van der Waals surface area contributed by atoms with E-state index in [4.69, 9.17) is 16.3 Å². The van der Waals surface area contributed by atoms with Gasteiger partial charge in [0.2, 0.25) is 6.10 Å². The van der Waals surface area contributed by atoms with E-state index in [-0.39, 0.29) is 22.6 Å². The van der Waals surface area contributed by atoms with Gasteiger partial charge < -0.3 is 9.84 Å². The Bertz CT molecular complexity index is 812. The Morgan fingerprint density at radius 1 is 1.08 bits per heavy atom. The maximum absolute atomic E-state index is 11.6. The van der Waals surface area contributed by atoms with Crippen LogP contribution >= 0.6 is 11.6 Å². The number of halogens is 1. The Morgan fingerprint density at radius 2 is 1.71 bits per heavy atom. The van der Waals surface area contributed by atoms with Gasteiger partial charge >= 0.3 is 5.00 Å². The minimum atomic E-state index is -2.36. The molecule has 0 fully saturated rings. The van der Waals surface area contributed by atoms with Crippen LogP contribution < -0.4 is 4.74 Å². The van der Waals surface area contributed by atoms with Gasteiger partial charge in [0.1, 0.15) is 5.75 Å². The number of para-hydroxylation sites is 1. The molecule has 0 radical (unpaired) electrons. The van der Waals surface area contributed by atoms with E-state index in [1.807, 2.05) is 0 Å². The quantitative estimate of drug-likeness (QED) is 0.393. The molecule has 1 heterocycles. The number of alkyl halides is 1. The Labute approximate surface area is 140 Å². The minimum Gasteiger partial charge on any atom is -0.476 e. The molecule has 124 valence electrons. The fourth-order valence-electron chi connectivity index (χ4n) is 2.65. The number of nitrogens with zero attached hydrogens (tertiary/aromatic N) is 2. The molecule has 24 heavy (non-hydrogen) atoms. The van der Waals surface area contributed by atoms with Crippen LogP contribution in [0.5, 0.6) is 5.75 Å². The van der Waals surface area contributed by atoms with Crippen molar-refractivity contribution in [3.63, 3.8) is 0 Å². The van der Waals surface area contributed by atoms with Crippen molar-refractivity contribution in [3.8, 4) is 5.75 Å². The minimum absolute atomic E-state index is 0.170.